The second-order valence-electron chi connectivity index (χ2n) is 5.94. The molecule has 0 atom stereocenters. The number of guanidine groups is 1. The van der Waals surface area contributed by atoms with Gasteiger partial charge in [-0.25, -0.2) is 0 Å². The Morgan fingerprint density at radius 2 is 1.91 bits per heavy atom. The molecular formula is C17H28N4OS. The van der Waals surface area contributed by atoms with Crippen molar-refractivity contribution in [3.05, 3.63) is 35.4 Å². The van der Waals surface area contributed by atoms with Crippen LogP contribution in [0.1, 0.15) is 29.8 Å². The highest BCUT2D eigenvalue weighted by Crippen LogP contribution is 2.19. The molecule has 1 aromatic rings. The SMILES string of the molecule is CN=C(NCCNC(=O)c1cccc(C)c1)NCC(C)(C)SC. The minimum absolute atomic E-state index is 0.0537. The Hall–Kier alpha value is -1.69. The summed E-state index contributed by atoms with van der Waals surface area (Å²) >= 11 is 1.81. The van der Waals surface area contributed by atoms with Crippen LogP contribution in [0.25, 0.3) is 0 Å². The van der Waals surface area contributed by atoms with Crippen molar-refractivity contribution >= 4 is 23.6 Å². The van der Waals surface area contributed by atoms with Gasteiger partial charge in [0.15, 0.2) is 5.96 Å². The number of aliphatic imine (C=N–C) groups is 1. The first kappa shape index (κ1) is 19.4. The van der Waals surface area contributed by atoms with E-state index in [0.717, 1.165) is 18.1 Å². The van der Waals surface area contributed by atoms with Crippen molar-refractivity contribution in [2.75, 3.05) is 32.9 Å². The highest BCUT2D eigenvalue weighted by molar-refractivity contribution is 7.99. The van der Waals surface area contributed by atoms with Crippen LogP contribution in [0.2, 0.25) is 0 Å². The van der Waals surface area contributed by atoms with E-state index in [1.165, 1.54) is 0 Å². The number of carbonyl (C=O) groups excluding carboxylic acids is 1. The summed E-state index contributed by atoms with van der Waals surface area (Å²) in [6, 6.07) is 7.57. The highest BCUT2D eigenvalue weighted by Gasteiger charge is 2.15. The molecule has 0 saturated heterocycles. The van der Waals surface area contributed by atoms with Gasteiger partial charge in [-0.2, -0.15) is 11.8 Å². The van der Waals surface area contributed by atoms with Gasteiger partial charge < -0.3 is 16.0 Å². The van der Waals surface area contributed by atoms with Gasteiger partial charge in [0.05, 0.1) is 0 Å². The number of hydrogen-bond donors (Lipinski definition) is 3. The summed E-state index contributed by atoms with van der Waals surface area (Å²) in [5.41, 5.74) is 1.77. The lowest BCUT2D eigenvalue weighted by atomic mass is 10.1. The number of carbonyl (C=O) groups is 1. The van der Waals surface area contributed by atoms with E-state index < -0.39 is 0 Å². The van der Waals surface area contributed by atoms with Gasteiger partial charge in [-0.3, -0.25) is 9.79 Å². The number of benzene rings is 1. The van der Waals surface area contributed by atoms with Gasteiger partial charge in [-0.05, 0) is 39.2 Å². The van der Waals surface area contributed by atoms with Crippen LogP contribution in [-0.4, -0.2) is 49.6 Å². The summed E-state index contributed by atoms with van der Waals surface area (Å²) in [7, 11) is 1.74. The third-order valence-corrected chi connectivity index (χ3v) is 4.69. The monoisotopic (exact) mass is 336 g/mol. The molecule has 5 nitrogen and oxygen atoms in total. The average Bonchev–Trinajstić information content (AvgIpc) is 2.54. The van der Waals surface area contributed by atoms with Gasteiger partial charge in [0, 0.05) is 37.0 Å². The molecule has 0 spiro atoms. The third-order valence-electron chi connectivity index (χ3n) is 3.44. The standard InChI is InChI=1S/C17H28N4OS/c1-13-7-6-8-14(11-13)15(22)19-9-10-20-16(18-4)21-12-17(2,3)23-5/h6-8,11H,9-10,12H2,1-5H3,(H,19,22)(H2,18,20,21). The largest absolute Gasteiger partial charge is 0.355 e. The van der Waals surface area contributed by atoms with Crippen molar-refractivity contribution < 1.29 is 4.79 Å². The number of rotatable bonds is 7. The molecule has 23 heavy (non-hydrogen) atoms. The zero-order chi connectivity index (χ0) is 17.3. The summed E-state index contributed by atoms with van der Waals surface area (Å²) in [5, 5.41) is 9.39. The molecule has 1 amide bonds. The van der Waals surface area contributed by atoms with Crippen LogP contribution >= 0.6 is 11.8 Å². The first-order chi connectivity index (χ1) is 10.9. The Morgan fingerprint density at radius 3 is 2.52 bits per heavy atom. The minimum Gasteiger partial charge on any atom is -0.355 e. The molecule has 3 N–H and O–H groups in total. The van der Waals surface area contributed by atoms with E-state index in [1.54, 1.807) is 7.05 Å². The molecule has 6 heteroatoms. The lowest BCUT2D eigenvalue weighted by Crippen LogP contribution is -2.45. The Morgan fingerprint density at radius 1 is 1.22 bits per heavy atom. The van der Waals surface area contributed by atoms with E-state index in [2.05, 4.69) is 41.0 Å². The number of thioether (sulfide) groups is 1. The summed E-state index contributed by atoms with van der Waals surface area (Å²) in [4.78, 5) is 16.2. The van der Waals surface area contributed by atoms with Gasteiger partial charge in [-0.15, -0.1) is 0 Å². The second kappa shape index (κ2) is 9.45. The maximum absolute atomic E-state index is 12.0. The van der Waals surface area contributed by atoms with Crippen LogP contribution in [-0.2, 0) is 0 Å². The van der Waals surface area contributed by atoms with Crippen LogP contribution < -0.4 is 16.0 Å². The van der Waals surface area contributed by atoms with Crippen LogP contribution in [0.3, 0.4) is 0 Å². The van der Waals surface area contributed by atoms with E-state index in [1.807, 2.05) is 43.0 Å². The van der Waals surface area contributed by atoms with Crippen LogP contribution in [0.5, 0.6) is 0 Å². The molecule has 0 aliphatic rings. The normalized spacial score (nSPS) is 12.0. The Kier molecular flexibility index (Phi) is 7.95. The molecule has 0 aliphatic heterocycles. The van der Waals surface area contributed by atoms with Crippen molar-refractivity contribution in [1.82, 2.24) is 16.0 Å². The fraction of sp³-hybridized carbons (Fsp3) is 0.529. The number of amides is 1. The predicted octanol–water partition coefficient (Wildman–Crippen LogP) is 2.03. The fourth-order valence-electron chi connectivity index (χ4n) is 1.83. The zero-order valence-electron chi connectivity index (χ0n) is 14.7. The van der Waals surface area contributed by atoms with Gasteiger partial charge >= 0.3 is 0 Å². The van der Waals surface area contributed by atoms with Crippen LogP contribution in [0.4, 0.5) is 0 Å². The van der Waals surface area contributed by atoms with Crippen molar-refractivity contribution in [2.45, 2.75) is 25.5 Å². The summed E-state index contributed by atoms with van der Waals surface area (Å²) in [5.74, 6) is 0.693. The summed E-state index contributed by atoms with van der Waals surface area (Å²) in [6.45, 7) is 8.32. The van der Waals surface area contributed by atoms with Crippen molar-refractivity contribution in [3.8, 4) is 0 Å². The number of nitrogens with one attached hydrogen (secondary N) is 3. The van der Waals surface area contributed by atoms with Crippen LogP contribution in [0.15, 0.2) is 29.3 Å². The van der Waals surface area contributed by atoms with Gasteiger partial charge in [-0.1, -0.05) is 17.7 Å². The van der Waals surface area contributed by atoms with E-state index in [4.69, 9.17) is 0 Å². The highest BCUT2D eigenvalue weighted by atomic mass is 32.2. The number of hydrogen-bond acceptors (Lipinski definition) is 3. The molecule has 0 heterocycles. The first-order valence-electron chi connectivity index (χ1n) is 7.72. The van der Waals surface area contributed by atoms with Crippen molar-refractivity contribution in [2.24, 2.45) is 4.99 Å². The van der Waals surface area contributed by atoms with E-state index >= 15 is 0 Å². The molecule has 0 aliphatic carbocycles. The predicted molar refractivity (Wildman–Crippen MR) is 100 cm³/mol. The molecule has 0 saturated carbocycles. The van der Waals surface area contributed by atoms with Crippen molar-refractivity contribution in [1.29, 1.82) is 0 Å². The Labute approximate surface area is 143 Å². The average molecular weight is 337 g/mol. The summed E-state index contributed by atoms with van der Waals surface area (Å²) in [6.07, 6.45) is 2.10. The molecule has 0 fully saturated rings. The molecule has 0 unspecified atom stereocenters. The fourth-order valence-corrected chi connectivity index (χ4v) is 2.05. The maximum Gasteiger partial charge on any atom is 0.251 e. The van der Waals surface area contributed by atoms with Crippen molar-refractivity contribution in [3.63, 3.8) is 0 Å². The van der Waals surface area contributed by atoms with E-state index in [0.29, 0.717) is 18.7 Å². The molecule has 0 bridgehead atoms. The molecule has 0 radical (unpaired) electrons. The summed E-state index contributed by atoms with van der Waals surface area (Å²) < 4.78 is 0.150. The topological polar surface area (TPSA) is 65.5 Å². The molecule has 128 valence electrons. The second-order valence-corrected chi connectivity index (χ2v) is 7.46. The van der Waals surface area contributed by atoms with Gasteiger partial charge in [0.1, 0.15) is 0 Å². The smallest absolute Gasteiger partial charge is 0.251 e. The molecule has 0 aromatic heterocycles. The Balaban J connectivity index is 2.31. The lowest BCUT2D eigenvalue weighted by Gasteiger charge is -2.23. The lowest BCUT2D eigenvalue weighted by molar-refractivity contribution is 0.0954. The van der Waals surface area contributed by atoms with E-state index in [9.17, 15) is 4.79 Å². The number of aryl methyl sites for hydroxylation is 1. The zero-order valence-corrected chi connectivity index (χ0v) is 15.5. The number of nitrogens with zero attached hydrogens (tertiary/aromatic N) is 1. The Bertz CT molecular complexity index is 543. The van der Waals surface area contributed by atoms with Gasteiger partial charge in [0.2, 0.25) is 0 Å². The van der Waals surface area contributed by atoms with Crippen LogP contribution in [0, 0.1) is 6.92 Å². The quantitative estimate of drug-likeness (QED) is 0.405. The van der Waals surface area contributed by atoms with Gasteiger partial charge in [0.25, 0.3) is 5.91 Å². The maximum atomic E-state index is 12.0. The third kappa shape index (κ3) is 7.41. The first-order valence-corrected chi connectivity index (χ1v) is 8.95. The molecule has 1 aromatic carbocycles. The molecular weight excluding hydrogens is 308 g/mol. The van der Waals surface area contributed by atoms with E-state index in [-0.39, 0.29) is 10.7 Å². The minimum atomic E-state index is -0.0537. The molecule has 1 rings (SSSR count).